The third-order valence-electron chi connectivity index (χ3n) is 2.54. The van der Waals surface area contributed by atoms with Crippen molar-refractivity contribution in [3.63, 3.8) is 0 Å². The topological polar surface area (TPSA) is 94.3 Å². The SMILES string of the molecule is COc1cc(NS(=O)(=O)c2cc(Br)cnc2N)ccc1Cl. The molecule has 2 aromatic rings. The van der Waals surface area contributed by atoms with Gasteiger partial charge in [-0.1, -0.05) is 11.6 Å². The number of methoxy groups -OCH3 is 1. The minimum atomic E-state index is -3.87. The average Bonchev–Trinajstić information content (AvgIpc) is 2.43. The molecule has 9 heteroatoms. The molecule has 0 saturated carbocycles. The van der Waals surface area contributed by atoms with Gasteiger partial charge in [0.2, 0.25) is 0 Å². The van der Waals surface area contributed by atoms with E-state index in [4.69, 9.17) is 22.1 Å². The molecule has 112 valence electrons. The highest BCUT2D eigenvalue weighted by Crippen LogP contribution is 2.29. The summed E-state index contributed by atoms with van der Waals surface area (Å²) in [6.07, 6.45) is 1.42. The Balaban J connectivity index is 2.40. The van der Waals surface area contributed by atoms with Crippen molar-refractivity contribution in [2.45, 2.75) is 4.90 Å². The zero-order chi connectivity index (χ0) is 15.6. The normalized spacial score (nSPS) is 11.2. The monoisotopic (exact) mass is 391 g/mol. The van der Waals surface area contributed by atoms with Crippen LogP contribution in [0.15, 0.2) is 39.8 Å². The third-order valence-corrected chi connectivity index (χ3v) is 4.70. The maximum absolute atomic E-state index is 12.3. The summed E-state index contributed by atoms with van der Waals surface area (Å²) >= 11 is 9.05. The van der Waals surface area contributed by atoms with Crippen LogP contribution in [0.5, 0.6) is 5.75 Å². The number of nitrogens with two attached hydrogens (primary N) is 1. The Bertz CT molecular complexity index is 783. The van der Waals surface area contributed by atoms with Crippen LogP contribution in [0.3, 0.4) is 0 Å². The number of nitrogens with one attached hydrogen (secondary N) is 1. The molecule has 6 nitrogen and oxygen atoms in total. The lowest BCUT2D eigenvalue weighted by molar-refractivity contribution is 0.415. The standard InChI is InChI=1S/C12H11BrClN3O3S/c1-20-10-5-8(2-3-9(10)14)17-21(18,19)11-4-7(13)6-16-12(11)15/h2-6,17H,1H3,(H2,15,16). The highest BCUT2D eigenvalue weighted by atomic mass is 79.9. The predicted octanol–water partition coefficient (Wildman–Crippen LogP) is 2.89. The van der Waals surface area contributed by atoms with E-state index in [0.29, 0.717) is 20.9 Å². The summed E-state index contributed by atoms with van der Waals surface area (Å²) in [6.45, 7) is 0. The van der Waals surface area contributed by atoms with E-state index in [-0.39, 0.29) is 10.7 Å². The first-order valence-corrected chi connectivity index (χ1v) is 8.26. The van der Waals surface area contributed by atoms with E-state index in [1.54, 1.807) is 0 Å². The molecule has 0 bridgehead atoms. The maximum Gasteiger partial charge on any atom is 0.265 e. The molecule has 21 heavy (non-hydrogen) atoms. The van der Waals surface area contributed by atoms with Gasteiger partial charge in [0.15, 0.2) is 0 Å². The van der Waals surface area contributed by atoms with Crippen molar-refractivity contribution in [3.8, 4) is 5.75 Å². The van der Waals surface area contributed by atoms with E-state index >= 15 is 0 Å². The lowest BCUT2D eigenvalue weighted by atomic mass is 10.3. The molecule has 1 heterocycles. The van der Waals surface area contributed by atoms with E-state index in [2.05, 4.69) is 25.6 Å². The van der Waals surface area contributed by atoms with E-state index in [1.807, 2.05) is 0 Å². The van der Waals surface area contributed by atoms with Crippen LogP contribution in [0.2, 0.25) is 5.02 Å². The zero-order valence-electron chi connectivity index (χ0n) is 10.8. The average molecular weight is 393 g/mol. The number of hydrogen-bond acceptors (Lipinski definition) is 5. The van der Waals surface area contributed by atoms with Crippen molar-refractivity contribution in [1.82, 2.24) is 4.98 Å². The second-order valence-electron chi connectivity index (χ2n) is 3.99. The number of nitrogens with zero attached hydrogens (tertiary/aromatic N) is 1. The summed E-state index contributed by atoms with van der Waals surface area (Å²) in [5.74, 6) is 0.267. The molecular weight excluding hydrogens is 382 g/mol. The summed E-state index contributed by atoms with van der Waals surface area (Å²) < 4.78 is 32.6. The second-order valence-corrected chi connectivity index (χ2v) is 6.97. The fourth-order valence-electron chi connectivity index (χ4n) is 1.58. The number of nitrogen functional groups attached to an aromatic ring is 1. The number of hydrogen-bond donors (Lipinski definition) is 2. The van der Waals surface area contributed by atoms with Crippen molar-refractivity contribution in [2.24, 2.45) is 0 Å². The van der Waals surface area contributed by atoms with Crippen molar-refractivity contribution in [3.05, 3.63) is 40.0 Å². The van der Waals surface area contributed by atoms with Crippen LogP contribution in [0, 0.1) is 0 Å². The summed E-state index contributed by atoms with van der Waals surface area (Å²) in [7, 11) is -2.43. The molecule has 1 aromatic carbocycles. The molecule has 0 spiro atoms. The minimum absolute atomic E-state index is 0.0911. The molecule has 0 aliphatic heterocycles. The highest BCUT2D eigenvalue weighted by molar-refractivity contribution is 9.10. The summed E-state index contributed by atoms with van der Waals surface area (Å²) in [6, 6.07) is 5.89. The molecule has 3 N–H and O–H groups in total. The van der Waals surface area contributed by atoms with E-state index in [1.165, 1.54) is 37.6 Å². The number of rotatable bonds is 4. The molecular formula is C12H11BrClN3O3S. The van der Waals surface area contributed by atoms with Gasteiger partial charge in [-0.2, -0.15) is 0 Å². The molecule has 0 unspecified atom stereocenters. The number of halogens is 2. The molecule has 2 rings (SSSR count). The van der Waals surface area contributed by atoms with Gasteiger partial charge in [-0.25, -0.2) is 13.4 Å². The van der Waals surface area contributed by atoms with Gasteiger partial charge >= 0.3 is 0 Å². The summed E-state index contributed by atoms with van der Waals surface area (Å²) in [4.78, 5) is 3.68. The van der Waals surface area contributed by atoms with E-state index in [9.17, 15) is 8.42 Å². The van der Waals surface area contributed by atoms with Crippen LogP contribution in [0.1, 0.15) is 0 Å². The van der Waals surface area contributed by atoms with Crippen molar-refractivity contribution in [1.29, 1.82) is 0 Å². The number of benzene rings is 1. The van der Waals surface area contributed by atoms with Crippen LogP contribution in [0.4, 0.5) is 11.5 Å². The summed E-state index contributed by atoms with van der Waals surface area (Å²) in [5.41, 5.74) is 5.91. The Kier molecular flexibility index (Phi) is 4.60. The Hall–Kier alpha value is -1.51. The third kappa shape index (κ3) is 3.58. The summed E-state index contributed by atoms with van der Waals surface area (Å²) in [5, 5.41) is 0.379. The van der Waals surface area contributed by atoms with Crippen LogP contribution in [0.25, 0.3) is 0 Å². The predicted molar refractivity (Wildman–Crippen MR) is 85.2 cm³/mol. The molecule has 0 atom stereocenters. The van der Waals surface area contributed by atoms with Gasteiger partial charge in [-0.3, -0.25) is 4.72 Å². The fourth-order valence-corrected chi connectivity index (χ4v) is 3.41. The first-order chi connectivity index (χ1) is 9.83. The van der Waals surface area contributed by atoms with Gasteiger partial charge in [0.05, 0.1) is 17.8 Å². The van der Waals surface area contributed by atoms with Gasteiger partial charge in [-0.05, 0) is 34.1 Å². The molecule has 0 fully saturated rings. The lowest BCUT2D eigenvalue weighted by Gasteiger charge is -2.11. The number of sulfonamides is 1. The quantitative estimate of drug-likeness (QED) is 0.834. The first-order valence-electron chi connectivity index (χ1n) is 5.61. The Morgan fingerprint density at radius 3 is 2.76 bits per heavy atom. The van der Waals surface area contributed by atoms with Crippen LogP contribution in [-0.4, -0.2) is 20.5 Å². The first kappa shape index (κ1) is 15.9. The van der Waals surface area contributed by atoms with Gasteiger partial charge in [-0.15, -0.1) is 0 Å². The van der Waals surface area contributed by atoms with Gasteiger partial charge in [0.1, 0.15) is 16.5 Å². The van der Waals surface area contributed by atoms with E-state index < -0.39 is 10.0 Å². The van der Waals surface area contributed by atoms with Crippen LogP contribution < -0.4 is 15.2 Å². The molecule has 0 aliphatic rings. The smallest absolute Gasteiger partial charge is 0.265 e. The highest BCUT2D eigenvalue weighted by Gasteiger charge is 2.19. The van der Waals surface area contributed by atoms with Crippen LogP contribution in [-0.2, 0) is 10.0 Å². The molecule has 1 aromatic heterocycles. The number of anilines is 2. The van der Waals surface area contributed by atoms with E-state index in [0.717, 1.165) is 0 Å². The van der Waals surface area contributed by atoms with Crippen molar-refractivity contribution >= 4 is 49.1 Å². The van der Waals surface area contributed by atoms with Crippen molar-refractivity contribution in [2.75, 3.05) is 17.6 Å². The maximum atomic E-state index is 12.3. The largest absolute Gasteiger partial charge is 0.495 e. The van der Waals surface area contributed by atoms with Gasteiger partial charge in [0, 0.05) is 16.7 Å². The fraction of sp³-hybridized carbons (Fsp3) is 0.0833. The zero-order valence-corrected chi connectivity index (χ0v) is 14.0. The number of ether oxygens (including phenoxy) is 1. The Labute approximate surface area is 135 Å². The molecule has 0 amide bonds. The minimum Gasteiger partial charge on any atom is -0.495 e. The van der Waals surface area contributed by atoms with Gasteiger partial charge < -0.3 is 10.5 Å². The van der Waals surface area contributed by atoms with Crippen LogP contribution >= 0.6 is 27.5 Å². The number of pyridine rings is 1. The molecule has 0 aliphatic carbocycles. The lowest BCUT2D eigenvalue weighted by Crippen LogP contribution is -2.15. The Morgan fingerprint density at radius 2 is 2.10 bits per heavy atom. The van der Waals surface area contributed by atoms with Gasteiger partial charge in [0.25, 0.3) is 10.0 Å². The molecule has 0 saturated heterocycles. The second kappa shape index (κ2) is 6.08. The van der Waals surface area contributed by atoms with Crippen molar-refractivity contribution < 1.29 is 13.2 Å². The molecule has 0 radical (unpaired) electrons. The number of aromatic nitrogens is 1. The Morgan fingerprint density at radius 1 is 1.38 bits per heavy atom.